The Kier molecular flexibility index (Phi) is 4.73. The van der Waals surface area contributed by atoms with Crippen molar-refractivity contribution in [3.8, 4) is 0 Å². The molecule has 2 aromatic rings. The second-order valence-corrected chi connectivity index (χ2v) is 7.58. The summed E-state index contributed by atoms with van der Waals surface area (Å²) in [4.78, 5) is 5.39. The number of nitrogens with zero attached hydrogens (tertiary/aromatic N) is 5. The van der Waals surface area contributed by atoms with Gasteiger partial charge >= 0.3 is 0 Å². The molecule has 1 unspecified atom stereocenters. The molecule has 0 spiro atoms. The fourth-order valence-corrected chi connectivity index (χ4v) is 3.06. The molecule has 0 radical (unpaired) electrons. The molecule has 2 heterocycles. The van der Waals surface area contributed by atoms with Crippen molar-refractivity contribution in [2.45, 2.75) is 59.0 Å². The van der Waals surface area contributed by atoms with Crippen LogP contribution < -0.4 is 5.73 Å². The lowest BCUT2D eigenvalue weighted by Gasteiger charge is -2.19. The summed E-state index contributed by atoms with van der Waals surface area (Å²) >= 11 is 1.38. The Morgan fingerprint density at radius 3 is 2.67 bits per heavy atom. The molecule has 7 heteroatoms. The fraction of sp³-hybridized carbons (Fsp3) is 0.714. The molecule has 2 rings (SSSR count). The Bertz CT molecular complexity index is 580. The molecule has 0 fully saturated rings. The highest BCUT2D eigenvalue weighted by molar-refractivity contribution is 7.05. The van der Waals surface area contributed by atoms with E-state index in [1.807, 2.05) is 4.68 Å². The number of rotatable bonds is 5. The van der Waals surface area contributed by atoms with Crippen molar-refractivity contribution in [1.82, 2.24) is 24.4 Å². The van der Waals surface area contributed by atoms with Gasteiger partial charge in [-0.2, -0.15) is 5.10 Å². The van der Waals surface area contributed by atoms with Gasteiger partial charge in [-0.05, 0) is 17.5 Å². The van der Waals surface area contributed by atoms with E-state index in [1.165, 1.54) is 11.5 Å². The topological polar surface area (TPSA) is 82.5 Å². The largest absolute Gasteiger partial charge is 0.323 e. The maximum absolute atomic E-state index is 6.38. The van der Waals surface area contributed by atoms with E-state index in [4.69, 9.17) is 5.73 Å². The fourth-order valence-electron chi connectivity index (χ4n) is 2.19. The lowest BCUT2D eigenvalue weighted by Crippen LogP contribution is -2.22. The number of nitrogens with two attached hydrogens (primary N) is 1. The third-order valence-corrected chi connectivity index (χ3v) is 4.05. The van der Waals surface area contributed by atoms with Gasteiger partial charge in [0.25, 0.3) is 0 Å². The number of hydrogen-bond donors (Lipinski definition) is 1. The van der Waals surface area contributed by atoms with E-state index in [0.717, 1.165) is 22.9 Å². The van der Waals surface area contributed by atoms with E-state index >= 15 is 0 Å². The van der Waals surface area contributed by atoms with E-state index < -0.39 is 0 Å². The summed E-state index contributed by atoms with van der Waals surface area (Å²) in [5, 5.41) is 8.54. The zero-order valence-corrected chi connectivity index (χ0v) is 14.2. The first-order valence-electron chi connectivity index (χ1n) is 7.24. The minimum atomic E-state index is -0.144. The quantitative estimate of drug-likeness (QED) is 0.916. The predicted molar refractivity (Wildman–Crippen MR) is 84.1 cm³/mol. The minimum Gasteiger partial charge on any atom is -0.323 e. The van der Waals surface area contributed by atoms with Gasteiger partial charge < -0.3 is 5.73 Å². The van der Waals surface area contributed by atoms with Gasteiger partial charge in [-0.15, -0.1) is 5.10 Å². The zero-order chi connectivity index (χ0) is 15.6. The Balaban J connectivity index is 2.18. The first kappa shape index (κ1) is 16.0. The lowest BCUT2D eigenvalue weighted by molar-refractivity contribution is 0.458. The highest BCUT2D eigenvalue weighted by atomic mass is 32.1. The molecule has 21 heavy (non-hydrogen) atoms. The van der Waals surface area contributed by atoms with E-state index in [1.54, 1.807) is 6.33 Å². The maximum atomic E-state index is 6.38. The smallest absolute Gasteiger partial charge is 0.138 e. The third kappa shape index (κ3) is 3.85. The highest BCUT2D eigenvalue weighted by Crippen LogP contribution is 2.30. The summed E-state index contributed by atoms with van der Waals surface area (Å²) < 4.78 is 6.02. The van der Waals surface area contributed by atoms with E-state index in [-0.39, 0.29) is 11.5 Å². The van der Waals surface area contributed by atoms with Crippen LogP contribution in [0.2, 0.25) is 0 Å². The second-order valence-electron chi connectivity index (χ2n) is 6.80. The Morgan fingerprint density at radius 2 is 2.05 bits per heavy atom. The minimum absolute atomic E-state index is 0.0500. The van der Waals surface area contributed by atoms with Crippen molar-refractivity contribution in [3.63, 3.8) is 0 Å². The van der Waals surface area contributed by atoms with Crippen LogP contribution in [0.4, 0.5) is 0 Å². The first-order valence-corrected chi connectivity index (χ1v) is 8.01. The maximum Gasteiger partial charge on any atom is 0.138 e. The molecule has 0 amide bonds. The van der Waals surface area contributed by atoms with Crippen molar-refractivity contribution in [1.29, 1.82) is 0 Å². The zero-order valence-electron chi connectivity index (χ0n) is 13.4. The van der Waals surface area contributed by atoms with Gasteiger partial charge in [0.05, 0.1) is 10.6 Å². The summed E-state index contributed by atoms with van der Waals surface area (Å²) in [5.41, 5.74) is 7.31. The highest BCUT2D eigenvalue weighted by Gasteiger charge is 2.26. The van der Waals surface area contributed by atoms with Crippen LogP contribution >= 0.6 is 11.5 Å². The Morgan fingerprint density at radius 1 is 1.33 bits per heavy atom. The molecule has 116 valence electrons. The monoisotopic (exact) mass is 308 g/mol. The molecule has 0 aliphatic carbocycles. The van der Waals surface area contributed by atoms with Crippen LogP contribution in [0.25, 0.3) is 0 Å². The van der Waals surface area contributed by atoms with Crippen molar-refractivity contribution in [2.75, 3.05) is 0 Å². The van der Waals surface area contributed by atoms with E-state index in [9.17, 15) is 0 Å². The first-order chi connectivity index (χ1) is 9.79. The molecule has 6 nitrogen and oxygen atoms in total. The summed E-state index contributed by atoms with van der Waals surface area (Å²) in [6.07, 6.45) is 2.25. The molecular formula is C14H24N6S. The molecular weight excluding hydrogens is 284 g/mol. The van der Waals surface area contributed by atoms with Crippen LogP contribution in [-0.4, -0.2) is 24.4 Å². The van der Waals surface area contributed by atoms with Gasteiger partial charge in [0, 0.05) is 24.4 Å². The SMILES string of the molecule is CC(C)Cn1ncnc1CC(N)c1snnc1C(C)(C)C. The molecule has 0 aliphatic rings. The number of aromatic nitrogens is 5. The molecule has 0 bridgehead atoms. The van der Waals surface area contributed by atoms with Crippen molar-refractivity contribution < 1.29 is 0 Å². The van der Waals surface area contributed by atoms with Gasteiger partial charge in [0.15, 0.2) is 0 Å². The summed E-state index contributed by atoms with van der Waals surface area (Å²) in [7, 11) is 0. The second kappa shape index (κ2) is 6.19. The lowest BCUT2D eigenvalue weighted by atomic mass is 9.89. The Labute approximate surface area is 129 Å². The average molecular weight is 308 g/mol. The average Bonchev–Trinajstić information content (AvgIpc) is 2.97. The molecule has 2 aromatic heterocycles. The van der Waals surface area contributed by atoms with Gasteiger partial charge in [-0.3, -0.25) is 0 Å². The Hall–Kier alpha value is -1.34. The van der Waals surface area contributed by atoms with Crippen LogP contribution in [0.15, 0.2) is 6.33 Å². The van der Waals surface area contributed by atoms with Gasteiger partial charge in [0.2, 0.25) is 0 Å². The van der Waals surface area contributed by atoms with Crippen molar-refractivity contribution in [3.05, 3.63) is 22.7 Å². The molecule has 0 saturated heterocycles. The molecule has 0 aliphatic heterocycles. The van der Waals surface area contributed by atoms with Crippen molar-refractivity contribution in [2.24, 2.45) is 11.7 Å². The van der Waals surface area contributed by atoms with Crippen molar-refractivity contribution >= 4 is 11.5 Å². The van der Waals surface area contributed by atoms with Crippen LogP contribution in [0.3, 0.4) is 0 Å². The molecule has 2 N–H and O–H groups in total. The van der Waals surface area contributed by atoms with E-state index in [0.29, 0.717) is 12.3 Å². The number of hydrogen-bond acceptors (Lipinski definition) is 6. The van der Waals surface area contributed by atoms with Gasteiger partial charge in [0.1, 0.15) is 12.2 Å². The molecule has 1 atom stereocenters. The predicted octanol–water partition coefficient (Wildman–Crippen LogP) is 2.33. The summed E-state index contributed by atoms with van der Waals surface area (Å²) in [6, 6.07) is -0.144. The van der Waals surface area contributed by atoms with Crippen LogP contribution in [0, 0.1) is 5.92 Å². The van der Waals surface area contributed by atoms with Crippen LogP contribution in [0.1, 0.15) is 57.1 Å². The summed E-state index contributed by atoms with van der Waals surface area (Å²) in [6.45, 7) is 11.6. The summed E-state index contributed by atoms with van der Waals surface area (Å²) in [5.74, 6) is 1.45. The van der Waals surface area contributed by atoms with E-state index in [2.05, 4.69) is 54.3 Å². The van der Waals surface area contributed by atoms with Crippen LogP contribution in [-0.2, 0) is 18.4 Å². The van der Waals surface area contributed by atoms with Crippen LogP contribution in [0.5, 0.6) is 0 Å². The third-order valence-electron chi connectivity index (χ3n) is 3.20. The van der Waals surface area contributed by atoms with Gasteiger partial charge in [-0.25, -0.2) is 9.67 Å². The molecule has 0 aromatic carbocycles. The molecule has 0 saturated carbocycles. The normalized spacial score (nSPS) is 13.9. The van der Waals surface area contributed by atoms with Gasteiger partial charge in [-0.1, -0.05) is 39.1 Å². The standard InChI is InChI=1S/C14H24N6S/c1-9(2)7-20-11(16-8-17-20)6-10(15)12-13(14(3,4)5)18-19-21-12/h8-10H,6-7,15H2,1-5H3.